The van der Waals surface area contributed by atoms with Crippen molar-refractivity contribution in [3.8, 4) is 5.82 Å². The minimum atomic E-state index is 0.328. The van der Waals surface area contributed by atoms with Crippen LogP contribution in [0.3, 0.4) is 0 Å². The Labute approximate surface area is 141 Å². The van der Waals surface area contributed by atoms with Crippen molar-refractivity contribution in [2.24, 2.45) is 0 Å². The Morgan fingerprint density at radius 3 is 2.70 bits per heavy atom. The zero-order chi connectivity index (χ0) is 15.6. The summed E-state index contributed by atoms with van der Waals surface area (Å²) in [6.45, 7) is 4.50. The maximum absolute atomic E-state index is 4.72. The molecule has 2 aromatic heterocycles. The van der Waals surface area contributed by atoms with E-state index in [-0.39, 0.29) is 0 Å². The van der Waals surface area contributed by atoms with Crippen LogP contribution in [0.1, 0.15) is 25.3 Å². The van der Waals surface area contributed by atoms with E-state index in [1.807, 2.05) is 6.20 Å². The molecule has 1 aliphatic rings. The number of pyridine rings is 1. The number of aromatic nitrogens is 2. The molecule has 3 heterocycles. The zero-order valence-corrected chi connectivity index (χ0v) is 14.8. The molecule has 4 aromatic rings. The molecule has 112 valence electrons. The van der Waals surface area contributed by atoms with Crippen LogP contribution in [0.2, 0.25) is 0 Å². The maximum atomic E-state index is 4.72. The quantitative estimate of drug-likeness (QED) is 0.418. The fourth-order valence-electron chi connectivity index (χ4n) is 3.46. The first-order valence-corrected chi connectivity index (χ1v) is 9.65. The summed E-state index contributed by atoms with van der Waals surface area (Å²) in [5.74, 6) is 1.65. The molecule has 2 nitrogen and oxygen atoms in total. The number of para-hydroxylation sites is 1. The van der Waals surface area contributed by atoms with E-state index in [1.165, 1.54) is 36.3 Å². The number of hydrogen-bond donors (Lipinski definition) is 0. The Morgan fingerprint density at radius 2 is 1.83 bits per heavy atom. The number of benzene rings is 2. The van der Waals surface area contributed by atoms with E-state index < -0.39 is 0 Å². The number of fused-ring (bicyclic) bond motifs is 5. The summed E-state index contributed by atoms with van der Waals surface area (Å²) in [4.78, 5) is 4.72. The summed E-state index contributed by atoms with van der Waals surface area (Å²) in [5.41, 5.74) is 4.02. The minimum absolute atomic E-state index is 0.328. The second-order valence-corrected chi connectivity index (χ2v) is 8.62. The van der Waals surface area contributed by atoms with Gasteiger partial charge in [0.05, 0.1) is 0 Å². The molecule has 2 aromatic carbocycles. The average Bonchev–Trinajstić information content (AvgIpc) is 2.91. The molecule has 1 aliphatic heterocycles. The van der Waals surface area contributed by atoms with Gasteiger partial charge in [0.1, 0.15) is 0 Å². The second-order valence-electron chi connectivity index (χ2n) is 6.35. The SMILES string of the molecule is CC(C)c1ccc2c3cccc4c3n(c2c1)-c1ncccc1[Se]4. The van der Waals surface area contributed by atoms with Gasteiger partial charge in [-0.3, -0.25) is 0 Å². The van der Waals surface area contributed by atoms with Crippen molar-refractivity contribution in [2.75, 3.05) is 0 Å². The van der Waals surface area contributed by atoms with Crippen molar-refractivity contribution in [2.45, 2.75) is 19.8 Å². The third-order valence-corrected chi connectivity index (χ3v) is 6.91. The van der Waals surface area contributed by atoms with Gasteiger partial charge in [-0.15, -0.1) is 0 Å². The van der Waals surface area contributed by atoms with E-state index in [2.05, 4.69) is 66.9 Å². The summed E-state index contributed by atoms with van der Waals surface area (Å²) in [6.07, 6.45) is 1.91. The van der Waals surface area contributed by atoms with Crippen LogP contribution in [-0.4, -0.2) is 24.5 Å². The molecule has 0 radical (unpaired) electrons. The van der Waals surface area contributed by atoms with Crippen LogP contribution >= 0.6 is 0 Å². The van der Waals surface area contributed by atoms with Crippen molar-refractivity contribution in [3.63, 3.8) is 0 Å². The molecular weight excluding hydrogens is 347 g/mol. The van der Waals surface area contributed by atoms with Gasteiger partial charge in [-0.2, -0.15) is 0 Å². The van der Waals surface area contributed by atoms with Crippen molar-refractivity contribution >= 4 is 45.7 Å². The number of hydrogen-bond acceptors (Lipinski definition) is 1. The fourth-order valence-corrected chi connectivity index (χ4v) is 5.69. The molecule has 0 spiro atoms. The van der Waals surface area contributed by atoms with Gasteiger partial charge >= 0.3 is 141 Å². The predicted octanol–water partition coefficient (Wildman–Crippen LogP) is 3.27. The van der Waals surface area contributed by atoms with Gasteiger partial charge < -0.3 is 0 Å². The third kappa shape index (κ3) is 1.78. The summed E-state index contributed by atoms with van der Waals surface area (Å²) in [7, 11) is 0. The topological polar surface area (TPSA) is 17.8 Å². The summed E-state index contributed by atoms with van der Waals surface area (Å²) in [5, 5.41) is 2.69. The first kappa shape index (κ1) is 13.4. The molecule has 0 saturated heterocycles. The van der Waals surface area contributed by atoms with E-state index in [9.17, 15) is 0 Å². The van der Waals surface area contributed by atoms with E-state index >= 15 is 0 Å². The Morgan fingerprint density at radius 1 is 0.957 bits per heavy atom. The Bertz CT molecular complexity index is 1080. The van der Waals surface area contributed by atoms with Gasteiger partial charge in [0, 0.05) is 0 Å². The molecule has 3 heteroatoms. The third-order valence-electron chi connectivity index (χ3n) is 4.62. The molecule has 0 N–H and O–H groups in total. The van der Waals surface area contributed by atoms with Crippen molar-refractivity contribution < 1.29 is 0 Å². The Hall–Kier alpha value is -2.09. The molecule has 0 bridgehead atoms. The van der Waals surface area contributed by atoms with Gasteiger partial charge in [-0.1, -0.05) is 0 Å². The molecule has 0 aliphatic carbocycles. The normalized spacial score (nSPS) is 13.0. The van der Waals surface area contributed by atoms with Crippen LogP contribution in [0, 0.1) is 0 Å². The van der Waals surface area contributed by atoms with Gasteiger partial charge in [0.25, 0.3) is 0 Å². The number of rotatable bonds is 1. The van der Waals surface area contributed by atoms with Gasteiger partial charge in [0.2, 0.25) is 0 Å². The van der Waals surface area contributed by atoms with E-state index in [1.54, 1.807) is 0 Å². The Kier molecular flexibility index (Phi) is 2.73. The summed E-state index contributed by atoms with van der Waals surface area (Å²) < 4.78 is 5.21. The zero-order valence-electron chi connectivity index (χ0n) is 13.1. The average molecular weight is 363 g/mol. The summed E-state index contributed by atoms with van der Waals surface area (Å²) in [6, 6.07) is 17.9. The van der Waals surface area contributed by atoms with Crippen molar-refractivity contribution in [3.05, 3.63) is 60.3 Å². The van der Waals surface area contributed by atoms with E-state index in [0.29, 0.717) is 20.9 Å². The second kappa shape index (κ2) is 4.70. The van der Waals surface area contributed by atoms with E-state index in [4.69, 9.17) is 4.98 Å². The van der Waals surface area contributed by atoms with Gasteiger partial charge in [0.15, 0.2) is 0 Å². The standard InChI is InChI=1S/C20H16N2Se/c1-12(2)13-8-9-14-15-5-3-6-17-19(15)22(16(14)11-13)20-18(23-17)7-4-10-21-20/h3-12H,1-2H3. The predicted molar refractivity (Wildman–Crippen MR) is 97.7 cm³/mol. The van der Waals surface area contributed by atoms with Crippen LogP contribution in [-0.2, 0) is 0 Å². The van der Waals surface area contributed by atoms with Crippen LogP contribution in [0.15, 0.2) is 54.7 Å². The first-order valence-electron chi connectivity index (χ1n) is 7.94. The Balaban J connectivity index is 2.02. The van der Waals surface area contributed by atoms with Gasteiger partial charge in [-0.25, -0.2) is 0 Å². The monoisotopic (exact) mass is 364 g/mol. The summed E-state index contributed by atoms with van der Waals surface area (Å²) >= 11 is 0.328. The van der Waals surface area contributed by atoms with E-state index in [0.717, 1.165) is 5.82 Å². The first-order chi connectivity index (χ1) is 11.2. The van der Waals surface area contributed by atoms with Gasteiger partial charge in [-0.05, 0) is 0 Å². The van der Waals surface area contributed by atoms with Crippen LogP contribution in [0.4, 0.5) is 0 Å². The molecule has 23 heavy (non-hydrogen) atoms. The molecule has 0 unspecified atom stereocenters. The number of nitrogens with zero attached hydrogens (tertiary/aromatic N) is 2. The van der Waals surface area contributed by atoms with Crippen molar-refractivity contribution in [1.82, 2.24) is 9.55 Å². The fraction of sp³-hybridized carbons (Fsp3) is 0.150. The molecule has 0 amide bonds. The molecule has 0 fully saturated rings. The molecule has 0 atom stereocenters. The molecule has 5 rings (SSSR count). The molecular formula is C20H16N2Se. The van der Waals surface area contributed by atoms with Crippen LogP contribution in [0.5, 0.6) is 0 Å². The molecule has 0 saturated carbocycles. The van der Waals surface area contributed by atoms with Crippen LogP contribution in [0.25, 0.3) is 27.6 Å². The van der Waals surface area contributed by atoms with Crippen LogP contribution < -0.4 is 8.92 Å². The van der Waals surface area contributed by atoms with Crippen molar-refractivity contribution in [1.29, 1.82) is 0 Å².